The molecule has 1 heterocycles. The number of nitrogens with one attached hydrogen (secondary N) is 1. The Morgan fingerprint density at radius 1 is 1.25 bits per heavy atom. The Kier molecular flexibility index (Phi) is 5.19. The van der Waals surface area contributed by atoms with E-state index in [4.69, 9.17) is 5.73 Å². The summed E-state index contributed by atoms with van der Waals surface area (Å²) in [5.74, 6) is 1.44. The number of aromatic nitrogens is 2. The third-order valence-corrected chi connectivity index (χ3v) is 2.24. The first-order chi connectivity index (χ1) is 7.58. The SMILES string of the molecule is CC(C)Cc1ccc(NCCC(C)N)nn1. The van der Waals surface area contributed by atoms with Crippen LogP contribution < -0.4 is 11.1 Å². The van der Waals surface area contributed by atoms with Gasteiger partial charge >= 0.3 is 0 Å². The van der Waals surface area contributed by atoms with Crippen molar-refractivity contribution in [3.63, 3.8) is 0 Å². The van der Waals surface area contributed by atoms with E-state index >= 15 is 0 Å². The summed E-state index contributed by atoms with van der Waals surface area (Å²) in [4.78, 5) is 0. The second-order valence-corrected chi connectivity index (χ2v) is 4.70. The van der Waals surface area contributed by atoms with Crippen LogP contribution in [0.5, 0.6) is 0 Å². The van der Waals surface area contributed by atoms with Crippen molar-refractivity contribution in [2.75, 3.05) is 11.9 Å². The maximum Gasteiger partial charge on any atom is 0.148 e. The normalized spacial score (nSPS) is 12.8. The minimum atomic E-state index is 0.223. The highest BCUT2D eigenvalue weighted by Crippen LogP contribution is 2.07. The van der Waals surface area contributed by atoms with E-state index in [1.165, 1.54) is 0 Å². The molecule has 0 radical (unpaired) electrons. The van der Waals surface area contributed by atoms with Crippen LogP contribution in [-0.2, 0) is 6.42 Å². The predicted octanol–water partition coefficient (Wildman–Crippen LogP) is 1.82. The van der Waals surface area contributed by atoms with Gasteiger partial charge < -0.3 is 11.1 Å². The van der Waals surface area contributed by atoms with Crippen molar-refractivity contribution in [3.8, 4) is 0 Å². The van der Waals surface area contributed by atoms with Crippen LogP contribution in [0.3, 0.4) is 0 Å². The lowest BCUT2D eigenvalue weighted by Gasteiger charge is -2.08. The lowest BCUT2D eigenvalue weighted by Crippen LogP contribution is -2.19. The van der Waals surface area contributed by atoms with Gasteiger partial charge in [-0.3, -0.25) is 0 Å². The highest BCUT2D eigenvalue weighted by Gasteiger charge is 2.01. The first-order valence-electron chi connectivity index (χ1n) is 5.90. The quantitative estimate of drug-likeness (QED) is 0.770. The van der Waals surface area contributed by atoms with Crippen LogP contribution in [-0.4, -0.2) is 22.8 Å². The lowest BCUT2D eigenvalue weighted by atomic mass is 10.1. The number of nitrogens with two attached hydrogens (primary N) is 1. The van der Waals surface area contributed by atoms with Gasteiger partial charge in [-0.25, -0.2) is 0 Å². The maximum atomic E-state index is 5.66. The molecule has 16 heavy (non-hydrogen) atoms. The second-order valence-electron chi connectivity index (χ2n) is 4.70. The fourth-order valence-corrected chi connectivity index (χ4v) is 1.41. The van der Waals surface area contributed by atoms with Gasteiger partial charge in [-0.15, -0.1) is 5.10 Å². The maximum absolute atomic E-state index is 5.66. The van der Waals surface area contributed by atoms with Crippen molar-refractivity contribution < 1.29 is 0 Å². The molecular formula is C12H22N4. The van der Waals surface area contributed by atoms with Crippen LogP contribution in [0, 0.1) is 5.92 Å². The van der Waals surface area contributed by atoms with Crippen molar-refractivity contribution in [1.29, 1.82) is 0 Å². The van der Waals surface area contributed by atoms with Gasteiger partial charge in [0.15, 0.2) is 0 Å². The van der Waals surface area contributed by atoms with Crippen LogP contribution in [0.2, 0.25) is 0 Å². The average Bonchev–Trinajstić information content (AvgIpc) is 2.19. The molecule has 3 N–H and O–H groups in total. The number of hydrogen-bond acceptors (Lipinski definition) is 4. The number of nitrogens with zero attached hydrogens (tertiary/aromatic N) is 2. The van der Waals surface area contributed by atoms with Gasteiger partial charge in [0, 0.05) is 12.6 Å². The number of anilines is 1. The van der Waals surface area contributed by atoms with E-state index in [0.717, 1.165) is 30.9 Å². The lowest BCUT2D eigenvalue weighted by molar-refractivity contribution is 0.628. The molecule has 0 spiro atoms. The largest absolute Gasteiger partial charge is 0.369 e. The van der Waals surface area contributed by atoms with Gasteiger partial charge in [-0.05, 0) is 37.8 Å². The van der Waals surface area contributed by atoms with Crippen LogP contribution >= 0.6 is 0 Å². The number of hydrogen-bond donors (Lipinski definition) is 2. The smallest absolute Gasteiger partial charge is 0.148 e. The van der Waals surface area contributed by atoms with Crippen LogP contribution in [0.25, 0.3) is 0 Å². The molecule has 90 valence electrons. The minimum absolute atomic E-state index is 0.223. The monoisotopic (exact) mass is 222 g/mol. The molecule has 0 aromatic carbocycles. The molecule has 0 amide bonds. The van der Waals surface area contributed by atoms with Crippen molar-refractivity contribution in [3.05, 3.63) is 17.8 Å². The van der Waals surface area contributed by atoms with E-state index in [1.807, 2.05) is 19.1 Å². The summed E-state index contributed by atoms with van der Waals surface area (Å²) < 4.78 is 0. The highest BCUT2D eigenvalue weighted by atomic mass is 15.2. The van der Waals surface area contributed by atoms with E-state index in [-0.39, 0.29) is 6.04 Å². The summed E-state index contributed by atoms with van der Waals surface area (Å²) in [6, 6.07) is 4.23. The molecule has 4 heteroatoms. The Balaban J connectivity index is 2.39. The third kappa shape index (κ3) is 5.07. The zero-order valence-corrected chi connectivity index (χ0v) is 10.4. The molecule has 0 aliphatic rings. The topological polar surface area (TPSA) is 63.8 Å². The van der Waals surface area contributed by atoms with E-state index in [1.54, 1.807) is 0 Å². The molecule has 1 rings (SSSR count). The molecule has 4 nitrogen and oxygen atoms in total. The molecular weight excluding hydrogens is 200 g/mol. The van der Waals surface area contributed by atoms with Crippen molar-refractivity contribution >= 4 is 5.82 Å². The van der Waals surface area contributed by atoms with Gasteiger partial charge in [0.1, 0.15) is 5.82 Å². The fourth-order valence-electron chi connectivity index (χ4n) is 1.41. The first kappa shape index (κ1) is 12.9. The summed E-state index contributed by atoms with van der Waals surface area (Å²) in [6.45, 7) is 7.20. The van der Waals surface area contributed by atoms with E-state index < -0.39 is 0 Å². The van der Waals surface area contributed by atoms with E-state index in [0.29, 0.717) is 5.92 Å². The summed E-state index contributed by atoms with van der Waals surface area (Å²) in [5, 5.41) is 11.5. The summed E-state index contributed by atoms with van der Waals surface area (Å²) in [6.07, 6.45) is 1.92. The fraction of sp³-hybridized carbons (Fsp3) is 0.667. The molecule has 1 aromatic heterocycles. The van der Waals surface area contributed by atoms with Crippen LogP contribution in [0.4, 0.5) is 5.82 Å². The molecule has 0 aliphatic carbocycles. The second kappa shape index (κ2) is 6.43. The molecule has 0 aliphatic heterocycles. The van der Waals surface area contributed by atoms with Crippen molar-refractivity contribution in [2.24, 2.45) is 11.7 Å². The van der Waals surface area contributed by atoms with Crippen LogP contribution in [0.15, 0.2) is 12.1 Å². The Morgan fingerprint density at radius 2 is 2.00 bits per heavy atom. The molecule has 1 unspecified atom stereocenters. The molecule has 1 atom stereocenters. The predicted molar refractivity (Wildman–Crippen MR) is 67.3 cm³/mol. The average molecular weight is 222 g/mol. The molecule has 0 saturated heterocycles. The van der Waals surface area contributed by atoms with Gasteiger partial charge in [0.25, 0.3) is 0 Å². The van der Waals surface area contributed by atoms with E-state index in [9.17, 15) is 0 Å². The van der Waals surface area contributed by atoms with Gasteiger partial charge in [-0.2, -0.15) is 5.10 Å². The first-order valence-corrected chi connectivity index (χ1v) is 5.90. The van der Waals surface area contributed by atoms with Crippen molar-refractivity contribution in [2.45, 2.75) is 39.7 Å². The van der Waals surface area contributed by atoms with Gasteiger partial charge in [0.2, 0.25) is 0 Å². The zero-order valence-electron chi connectivity index (χ0n) is 10.4. The Bertz CT molecular complexity index is 292. The minimum Gasteiger partial charge on any atom is -0.369 e. The van der Waals surface area contributed by atoms with Gasteiger partial charge in [0.05, 0.1) is 5.69 Å². The Hall–Kier alpha value is -1.16. The zero-order chi connectivity index (χ0) is 12.0. The molecule has 1 aromatic rings. The summed E-state index contributed by atoms with van der Waals surface area (Å²) >= 11 is 0. The molecule has 0 fully saturated rings. The Morgan fingerprint density at radius 3 is 2.50 bits per heavy atom. The van der Waals surface area contributed by atoms with Crippen molar-refractivity contribution in [1.82, 2.24) is 10.2 Å². The van der Waals surface area contributed by atoms with Gasteiger partial charge in [-0.1, -0.05) is 13.8 Å². The number of rotatable bonds is 6. The summed E-state index contributed by atoms with van der Waals surface area (Å²) in [7, 11) is 0. The summed E-state index contributed by atoms with van der Waals surface area (Å²) in [5.41, 5.74) is 6.71. The van der Waals surface area contributed by atoms with E-state index in [2.05, 4.69) is 29.4 Å². The highest BCUT2D eigenvalue weighted by molar-refractivity contribution is 5.32. The molecule has 0 saturated carbocycles. The molecule has 0 bridgehead atoms. The third-order valence-electron chi connectivity index (χ3n) is 2.24. The Labute approximate surface area is 97.6 Å². The standard InChI is InChI=1S/C12H22N4/c1-9(2)8-11-4-5-12(16-15-11)14-7-6-10(3)13/h4-5,9-10H,6-8,13H2,1-3H3,(H,14,16). The van der Waals surface area contributed by atoms with Crippen LogP contribution in [0.1, 0.15) is 32.9 Å².